The van der Waals surface area contributed by atoms with Crippen molar-refractivity contribution in [3.8, 4) is 5.75 Å². The normalized spacial score (nSPS) is 23.5. The van der Waals surface area contributed by atoms with Crippen LogP contribution in [-0.2, 0) is 0 Å². The Morgan fingerprint density at radius 2 is 2.12 bits per heavy atom. The average molecular weight is 357 g/mol. The third-order valence-corrected chi connectivity index (χ3v) is 5.32. The summed E-state index contributed by atoms with van der Waals surface area (Å²) in [4.78, 5) is 11.0. The third-order valence-electron chi connectivity index (χ3n) is 5.08. The van der Waals surface area contributed by atoms with E-state index in [1.165, 1.54) is 12.7 Å². The summed E-state index contributed by atoms with van der Waals surface area (Å²) in [5.41, 5.74) is 3.10. The first-order chi connectivity index (χ1) is 12.1. The zero-order valence-corrected chi connectivity index (χ0v) is 14.4. The fourth-order valence-corrected chi connectivity index (χ4v) is 4.12. The molecule has 0 aromatic heterocycles. The number of rotatable bonds is 3. The molecule has 0 fully saturated rings. The minimum Gasteiger partial charge on any atom is -0.490 e. The Hall–Kier alpha value is -2.53. The van der Waals surface area contributed by atoms with Crippen LogP contribution >= 0.6 is 11.6 Å². The van der Waals surface area contributed by atoms with Gasteiger partial charge >= 0.3 is 5.69 Å². The smallest absolute Gasteiger partial charge is 0.311 e. The van der Waals surface area contributed by atoms with E-state index in [4.69, 9.17) is 16.3 Å². The van der Waals surface area contributed by atoms with Crippen LogP contribution in [0.25, 0.3) is 0 Å². The number of anilines is 1. The van der Waals surface area contributed by atoms with E-state index in [9.17, 15) is 10.1 Å². The number of benzene rings is 2. The summed E-state index contributed by atoms with van der Waals surface area (Å²) in [6.45, 7) is 0. The number of nitrogens with zero attached hydrogens (tertiary/aromatic N) is 1. The van der Waals surface area contributed by atoms with Crippen molar-refractivity contribution in [1.82, 2.24) is 0 Å². The Morgan fingerprint density at radius 1 is 1.28 bits per heavy atom. The van der Waals surface area contributed by atoms with Crippen molar-refractivity contribution >= 4 is 23.0 Å². The lowest BCUT2D eigenvalue weighted by Gasteiger charge is -2.37. The summed E-state index contributed by atoms with van der Waals surface area (Å²) in [5.74, 6) is 0.845. The molecule has 5 nitrogen and oxygen atoms in total. The Kier molecular flexibility index (Phi) is 3.88. The topological polar surface area (TPSA) is 64.4 Å². The molecule has 2 aliphatic rings. The summed E-state index contributed by atoms with van der Waals surface area (Å²) in [6.07, 6.45) is 5.32. The van der Waals surface area contributed by atoms with Crippen molar-refractivity contribution in [3.05, 3.63) is 74.8 Å². The van der Waals surface area contributed by atoms with Crippen LogP contribution in [0.4, 0.5) is 11.4 Å². The summed E-state index contributed by atoms with van der Waals surface area (Å²) in [5, 5.41) is 15.6. The SMILES string of the molecule is COc1ccc([C@@H]2Nc3ccc(Cl)cc3[C@@H]3C=CC[C@@H]32)cc1[N+](=O)[O-]. The van der Waals surface area contributed by atoms with Gasteiger partial charge in [-0.1, -0.05) is 29.8 Å². The van der Waals surface area contributed by atoms with Crippen molar-refractivity contribution in [2.45, 2.75) is 18.4 Å². The van der Waals surface area contributed by atoms with Crippen LogP contribution in [0.2, 0.25) is 5.02 Å². The van der Waals surface area contributed by atoms with Crippen molar-refractivity contribution in [2.75, 3.05) is 12.4 Å². The Labute approximate surface area is 150 Å². The van der Waals surface area contributed by atoms with Crippen LogP contribution in [0.3, 0.4) is 0 Å². The van der Waals surface area contributed by atoms with Gasteiger partial charge in [0.2, 0.25) is 0 Å². The second-order valence-corrected chi connectivity index (χ2v) is 6.83. The first kappa shape index (κ1) is 16.0. The van der Waals surface area contributed by atoms with E-state index in [1.54, 1.807) is 12.1 Å². The number of hydrogen-bond acceptors (Lipinski definition) is 4. The van der Waals surface area contributed by atoms with Crippen LogP contribution < -0.4 is 10.1 Å². The van der Waals surface area contributed by atoms with Crippen LogP contribution in [-0.4, -0.2) is 12.0 Å². The molecule has 1 heterocycles. The van der Waals surface area contributed by atoms with Gasteiger partial charge in [-0.2, -0.15) is 0 Å². The van der Waals surface area contributed by atoms with E-state index in [2.05, 4.69) is 17.5 Å². The van der Waals surface area contributed by atoms with Gasteiger partial charge in [0.05, 0.1) is 18.1 Å². The molecule has 1 N–H and O–H groups in total. The molecule has 128 valence electrons. The highest BCUT2D eigenvalue weighted by molar-refractivity contribution is 6.30. The maximum absolute atomic E-state index is 11.4. The number of nitro benzene ring substituents is 1. The van der Waals surface area contributed by atoms with E-state index in [0.29, 0.717) is 5.92 Å². The van der Waals surface area contributed by atoms with Gasteiger partial charge in [0, 0.05) is 22.7 Å². The van der Waals surface area contributed by atoms with E-state index in [0.717, 1.165) is 22.7 Å². The van der Waals surface area contributed by atoms with E-state index >= 15 is 0 Å². The summed E-state index contributed by atoms with van der Waals surface area (Å²) >= 11 is 6.17. The summed E-state index contributed by atoms with van der Waals surface area (Å²) in [7, 11) is 1.44. The van der Waals surface area contributed by atoms with E-state index in [1.807, 2.05) is 24.3 Å². The Balaban J connectivity index is 1.78. The van der Waals surface area contributed by atoms with Gasteiger partial charge in [0.25, 0.3) is 0 Å². The molecule has 25 heavy (non-hydrogen) atoms. The fourth-order valence-electron chi connectivity index (χ4n) is 3.94. The second-order valence-electron chi connectivity index (χ2n) is 6.40. The molecular formula is C19H17ClN2O3. The predicted molar refractivity (Wildman–Crippen MR) is 97.5 cm³/mol. The predicted octanol–water partition coefficient (Wildman–Crippen LogP) is 5.08. The third kappa shape index (κ3) is 2.65. The number of nitro groups is 1. The molecule has 1 aliphatic carbocycles. The molecule has 2 aromatic rings. The highest BCUT2D eigenvalue weighted by Gasteiger charge is 2.38. The summed E-state index contributed by atoms with van der Waals surface area (Å²) < 4.78 is 5.12. The molecule has 2 aromatic carbocycles. The second kappa shape index (κ2) is 6.08. The average Bonchev–Trinajstić information content (AvgIpc) is 3.10. The molecule has 0 saturated heterocycles. The molecule has 0 bridgehead atoms. The largest absolute Gasteiger partial charge is 0.490 e. The number of allylic oxidation sites excluding steroid dienone is 2. The lowest BCUT2D eigenvalue weighted by molar-refractivity contribution is -0.385. The molecule has 0 saturated carbocycles. The van der Waals surface area contributed by atoms with Gasteiger partial charge in [-0.05, 0) is 47.7 Å². The lowest BCUT2D eigenvalue weighted by atomic mass is 9.77. The number of nitrogens with one attached hydrogen (secondary N) is 1. The molecule has 0 radical (unpaired) electrons. The van der Waals surface area contributed by atoms with Crippen LogP contribution in [0.5, 0.6) is 5.75 Å². The number of ether oxygens (including phenoxy) is 1. The minimum absolute atomic E-state index is 0.00159. The molecule has 6 heteroatoms. The summed E-state index contributed by atoms with van der Waals surface area (Å²) in [6, 6.07) is 11.0. The minimum atomic E-state index is -0.400. The van der Waals surface area contributed by atoms with Gasteiger partial charge in [-0.3, -0.25) is 10.1 Å². The fraction of sp³-hybridized carbons (Fsp3) is 0.263. The van der Waals surface area contributed by atoms with Crippen LogP contribution in [0, 0.1) is 16.0 Å². The van der Waals surface area contributed by atoms with Gasteiger partial charge in [0.15, 0.2) is 5.75 Å². The van der Waals surface area contributed by atoms with Crippen molar-refractivity contribution in [2.24, 2.45) is 5.92 Å². The zero-order chi connectivity index (χ0) is 17.6. The number of methoxy groups -OCH3 is 1. The van der Waals surface area contributed by atoms with Crippen LogP contribution in [0.1, 0.15) is 29.5 Å². The monoisotopic (exact) mass is 356 g/mol. The van der Waals surface area contributed by atoms with Gasteiger partial charge in [-0.25, -0.2) is 0 Å². The van der Waals surface area contributed by atoms with Gasteiger partial charge < -0.3 is 10.1 Å². The first-order valence-electron chi connectivity index (χ1n) is 8.13. The number of halogens is 1. The van der Waals surface area contributed by atoms with Gasteiger partial charge in [0.1, 0.15) is 0 Å². The van der Waals surface area contributed by atoms with Crippen molar-refractivity contribution in [1.29, 1.82) is 0 Å². The molecule has 1 aliphatic heterocycles. The quantitative estimate of drug-likeness (QED) is 0.473. The van der Waals surface area contributed by atoms with Crippen molar-refractivity contribution in [3.63, 3.8) is 0 Å². The Bertz CT molecular complexity index is 881. The first-order valence-corrected chi connectivity index (χ1v) is 8.51. The van der Waals surface area contributed by atoms with E-state index < -0.39 is 4.92 Å². The Morgan fingerprint density at radius 3 is 2.88 bits per heavy atom. The van der Waals surface area contributed by atoms with Crippen molar-refractivity contribution < 1.29 is 9.66 Å². The van der Waals surface area contributed by atoms with Crippen LogP contribution in [0.15, 0.2) is 48.6 Å². The molecule has 0 amide bonds. The maximum atomic E-state index is 11.4. The maximum Gasteiger partial charge on any atom is 0.311 e. The molecule has 3 atom stereocenters. The van der Waals surface area contributed by atoms with E-state index in [-0.39, 0.29) is 23.4 Å². The molecule has 0 unspecified atom stereocenters. The molecule has 4 rings (SSSR count). The molecular weight excluding hydrogens is 340 g/mol. The lowest BCUT2D eigenvalue weighted by Crippen LogP contribution is -2.29. The number of hydrogen-bond donors (Lipinski definition) is 1. The standard InChI is InChI=1S/C19H17ClN2O3/c1-25-18-8-5-11(9-17(18)22(23)24)19-14-4-2-3-13(14)15-10-12(20)6-7-16(15)21-19/h2-3,5-10,13-14,19,21H,4H2,1H3/t13-,14+,19+/m1/s1. The molecule has 0 spiro atoms. The highest BCUT2D eigenvalue weighted by Crippen LogP contribution is 2.50. The zero-order valence-electron chi connectivity index (χ0n) is 13.6. The van der Waals surface area contributed by atoms with Gasteiger partial charge in [-0.15, -0.1) is 0 Å². The number of fused-ring (bicyclic) bond motifs is 3. The highest BCUT2D eigenvalue weighted by atomic mass is 35.5.